The van der Waals surface area contributed by atoms with Crippen LogP contribution in [0.25, 0.3) is 0 Å². The van der Waals surface area contributed by atoms with Crippen molar-refractivity contribution in [2.75, 3.05) is 12.3 Å². The molecule has 0 radical (unpaired) electrons. The standard InChI is InChI=1S/C12H16ClN3O2/c1-2-18-8-5-7(6-8)15-12(17)11-9(13)3-4-10(14)16-11/h3-4,7-8H,2,5-6H2,1H3,(H2,14,16)(H,15,17). The first kappa shape index (κ1) is 13.1. The molecule has 1 fully saturated rings. The minimum Gasteiger partial charge on any atom is -0.384 e. The quantitative estimate of drug-likeness (QED) is 0.871. The van der Waals surface area contributed by atoms with Gasteiger partial charge in [-0.25, -0.2) is 4.98 Å². The van der Waals surface area contributed by atoms with Crippen molar-refractivity contribution in [3.05, 3.63) is 22.8 Å². The van der Waals surface area contributed by atoms with E-state index in [0.717, 1.165) is 12.8 Å². The van der Waals surface area contributed by atoms with Crippen LogP contribution in [0.4, 0.5) is 5.82 Å². The molecule has 0 atom stereocenters. The van der Waals surface area contributed by atoms with Gasteiger partial charge in [-0.1, -0.05) is 11.6 Å². The third-order valence-electron chi connectivity index (χ3n) is 2.92. The monoisotopic (exact) mass is 269 g/mol. The summed E-state index contributed by atoms with van der Waals surface area (Å²) in [5.74, 6) is -0.00222. The number of carbonyl (C=O) groups is 1. The van der Waals surface area contributed by atoms with Crippen molar-refractivity contribution in [1.29, 1.82) is 0 Å². The summed E-state index contributed by atoms with van der Waals surface area (Å²) in [4.78, 5) is 15.9. The molecule has 1 amide bonds. The van der Waals surface area contributed by atoms with Crippen molar-refractivity contribution in [3.8, 4) is 0 Å². The fourth-order valence-corrected chi connectivity index (χ4v) is 2.12. The summed E-state index contributed by atoms with van der Waals surface area (Å²) in [6.07, 6.45) is 1.92. The molecule has 3 N–H and O–H groups in total. The van der Waals surface area contributed by atoms with E-state index < -0.39 is 0 Å². The summed E-state index contributed by atoms with van der Waals surface area (Å²) in [6.45, 7) is 2.66. The molecule has 1 saturated carbocycles. The molecule has 0 aromatic carbocycles. The molecule has 0 aliphatic heterocycles. The summed E-state index contributed by atoms with van der Waals surface area (Å²) < 4.78 is 5.43. The Kier molecular flexibility index (Phi) is 4.04. The number of nitrogen functional groups attached to an aromatic ring is 1. The number of nitrogens with one attached hydrogen (secondary N) is 1. The maximum Gasteiger partial charge on any atom is 0.271 e. The van der Waals surface area contributed by atoms with Crippen LogP contribution < -0.4 is 11.1 Å². The Labute approximate surface area is 111 Å². The number of halogens is 1. The zero-order chi connectivity index (χ0) is 13.1. The molecule has 6 heteroatoms. The summed E-state index contributed by atoms with van der Waals surface area (Å²) >= 11 is 5.91. The molecule has 1 aliphatic carbocycles. The highest BCUT2D eigenvalue weighted by Crippen LogP contribution is 2.24. The maximum absolute atomic E-state index is 11.9. The minimum atomic E-state index is -0.285. The predicted molar refractivity (Wildman–Crippen MR) is 69.6 cm³/mol. The van der Waals surface area contributed by atoms with Gasteiger partial charge in [-0.3, -0.25) is 4.79 Å². The van der Waals surface area contributed by atoms with Crippen LogP contribution >= 0.6 is 11.6 Å². The van der Waals surface area contributed by atoms with Gasteiger partial charge in [0, 0.05) is 12.6 Å². The van der Waals surface area contributed by atoms with Crippen LogP contribution in [-0.2, 0) is 4.74 Å². The first-order valence-electron chi connectivity index (χ1n) is 5.94. The van der Waals surface area contributed by atoms with E-state index >= 15 is 0 Å². The van der Waals surface area contributed by atoms with E-state index in [1.54, 1.807) is 12.1 Å². The van der Waals surface area contributed by atoms with Crippen molar-refractivity contribution in [2.45, 2.75) is 31.9 Å². The molecule has 98 valence electrons. The summed E-state index contributed by atoms with van der Waals surface area (Å²) in [6, 6.07) is 3.27. The first-order chi connectivity index (χ1) is 8.60. The smallest absolute Gasteiger partial charge is 0.271 e. The van der Waals surface area contributed by atoms with Crippen molar-refractivity contribution >= 4 is 23.3 Å². The van der Waals surface area contributed by atoms with E-state index in [9.17, 15) is 4.79 Å². The summed E-state index contributed by atoms with van der Waals surface area (Å²) in [5.41, 5.74) is 5.71. The number of nitrogens with two attached hydrogens (primary N) is 1. The van der Waals surface area contributed by atoms with Crippen LogP contribution in [0.2, 0.25) is 5.02 Å². The molecular formula is C12H16ClN3O2. The number of hydrogen-bond acceptors (Lipinski definition) is 4. The van der Waals surface area contributed by atoms with Gasteiger partial charge < -0.3 is 15.8 Å². The molecule has 18 heavy (non-hydrogen) atoms. The molecule has 1 aromatic heterocycles. The zero-order valence-corrected chi connectivity index (χ0v) is 10.9. The maximum atomic E-state index is 11.9. The molecule has 0 spiro atoms. The van der Waals surface area contributed by atoms with Crippen LogP contribution in [-0.4, -0.2) is 29.6 Å². The average Bonchev–Trinajstić information content (AvgIpc) is 2.29. The first-order valence-corrected chi connectivity index (χ1v) is 6.32. The van der Waals surface area contributed by atoms with Crippen molar-refractivity contribution < 1.29 is 9.53 Å². The third kappa shape index (κ3) is 2.91. The largest absolute Gasteiger partial charge is 0.384 e. The average molecular weight is 270 g/mol. The second-order valence-electron chi connectivity index (χ2n) is 4.29. The lowest BCUT2D eigenvalue weighted by molar-refractivity contribution is -0.00866. The normalized spacial score (nSPS) is 22.3. The summed E-state index contributed by atoms with van der Waals surface area (Å²) in [5, 5.41) is 3.18. The number of rotatable bonds is 4. The Morgan fingerprint density at radius 2 is 2.33 bits per heavy atom. The number of ether oxygens (including phenoxy) is 1. The number of nitrogens with zero attached hydrogens (tertiary/aromatic N) is 1. The number of anilines is 1. The van der Waals surface area contributed by atoms with E-state index in [0.29, 0.717) is 11.6 Å². The van der Waals surface area contributed by atoms with E-state index in [1.165, 1.54) is 0 Å². The molecular weight excluding hydrogens is 254 g/mol. The van der Waals surface area contributed by atoms with Crippen LogP contribution in [0, 0.1) is 0 Å². The fourth-order valence-electron chi connectivity index (χ4n) is 1.93. The third-order valence-corrected chi connectivity index (χ3v) is 3.22. The number of amides is 1. The zero-order valence-electron chi connectivity index (χ0n) is 10.1. The second kappa shape index (κ2) is 5.54. The van der Waals surface area contributed by atoms with E-state index in [4.69, 9.17) is 22.1 Å². The van der Waals surface area contributed by atoms with Gasteiger partial charge in [0.25, 0.3) is 5.91 Å². The van der Waals surface area contributed by atoms with Crippen LogP contribution in [0.15, 0.2) is 12.1 Å². The highest BCUT2D eigenvalue weighted by atomic mass is 35.5. The highest BCUT2D eigenvalue weighted by molar-refractivity contribution is 6.33. The SMILES string of the molecule is CCOC1CC(NC(=O)c2nc(N)ccc2Cl)C1. The fraction of sp³-hybridized carbons (Fsp3) is 0.500. The Balaban J connectivity index is 1.91. The van der Waals surface area contributed by atoms with Gasteiger partial charge in [-0.05, 0) is 31.9 Å². The van der Waals surface area contributed by atoms with Gasteiger partial charge in [0.05, 0.1) is 11.1 Å². The van der Waals surface area contributed by atoms with Gasteiger partial charge in [-0.15, -0.1) is 0 Å². The number of hydrogen-bond donors (Lipinski definition) is 2. The molecule has 1 aromatic rings. The van der Waals surface area contributed by atoms with E-state index in [1.807, 2.05) is 6.92 Å². The van der Waals surface area contributed by atoms with Gasteiger partial charge in [0.1, 0.15) is 11.5 Å². The van der Waals surface area contributed by atoms with Crippen LogP contribution in [0.1, 0.15) is 30.3 Å². The Bertz CT molecular complexity index is 447. The van der Waals surface area contributed by atoms with Crippen LogP contribution in [0.3, 0.4) is 0 Å². The molecule has 0 unspecified atom stereocenters. The number of aromatic nitrogens is 1. The topological polar surface area (TPSA) is 77.2 Å². The number of carbonyl (C=O) groups excluding carboxylic acids is 1. The van der Waals surface area contributed by atoms with E-state index in [2.05, 4.69) is 10.3 Å². The summed E-state index contributed by atoms with van der Waals surface area (Å²) in [7, 11) is 0. The predicted octanol–water partition coefficient (Wildman–Crippen LogP) is 1.61. The van der Waals surface area contributed by atoms with Crippen LogP contribution in [0.5, 0.6) is 0 Å². The molecule has 2 rings (SSSR count). The van der Waals surface area contributed by atoms with E-state index in [-0.39, 0.29) is 29.6 Å². The molecule has 0 saturated heterocycles. The molecule has 5 nitrogen and oxygen atoms in total. The lowest BCUT2D eigenvalue weighted by atomic mass is 9.89. The Morgan fingerprint density at radius 1 is 1.61 bits per heavy atom. The van der Waals surface area contributed by atoms with Crippen molar-refractivity contribution in [3.63, 3.8) is 0 Å². The lowest BCUT2D eigenvalue weighted by Gasteiger charge is -2.35. The van der Waals surface area contributed by atoms with Gasteiger partial charge in [0.2, 0.25) is 0 Å². The van der Waals surface area contributed by atoms with Gasteiger partial charge in [0.15, 0.2) is 0 Å². The van der Waals surface area contributed by atoms with Crippen molar-refractivity contribution in [1.82, 2.24) is 10.3 Å². The lowest BCUT2D eigenvalue weighted by Crippen LogP contribution is -2.48. The number of pyridine rings is 1. The highest BCUT2D eigenvalue weighted by Gasteiger charge is 2.31. The molecule has 1 aliphatic rings. The van der Waals surface area contributed by atoms with Gasteiger partial charge >= 0.3 is 0 Å². The Morgan fingerprint density at radius 3 is 3.00 bits per heavy atom. The second-order valence-corrected chi connectivity index (χ2v) is 4.69. The van der Waals surface area contributed by atoms with Gasteiger partial charge in [-0.2, -0.15) is 0 Å². The molecule has 1 heterocycles. The van der Waals surface area contributed by atoms with Crippen molar-refractivity contribution in [2.24, 2.45) is 0 Å². The minimum absolute atomic E-state index is 0.133. The molecule has 0 bridgehead atoms. The Hall–Kier alpha value is -1.33.